The normalized spacial score (nSPS) is 25.3. The molecule has 0 radical (unpaired) electrons. The molecule has 6 nitrogen and oxygen atoms in total. The molecule has 3 heterocycles. The second-order valence-electron chi connectivity index (χ2n) is 6.37. The molecule has 1 spiro atoms. The summed E-state index contributed by atoms with van der Waals surface area (Å²) in [6.45, 7) is 5.78. The van der Waals surface area contributed by atoms with Gasteiger partial charge in [0.25, 0.3) is 0 Å². The summed E-state index contributed by atoms with van der Waals surface area (Å²) in [5.41, 5.74) is 0.677. The second-order valence-corrected chi connectivity index (χ2v) is 6.37. The highest BCUT2D eigenvalue weighted by Gasteiger charge is 2.48. The van der Waals surface area contributed by atoms with E-state index in [2.05, 4.69) is 15.1 Å². The average Bonchev–Trinajstić information content (AvgIpc) is 2.83. The number of anilines is 1. The fourth-order valence-corrected chi connectivity index (χ4v) is 3.57. The molecule has 0 unspecified atom stereocenters. The molecule has 2 fully saturated rings. The van der Waals surface area contributed by atoms with Gasteiger partial charge in [-0.25, -0.2) is 0 Å². The first-order chi connectivity index (χ1) is 10.6. The SMILES string of the molecule is COCCN1CC[C@]2(CCCN(c3ccc(C)nn3)C2)C1=O. The summed E-state index contributed by atoms with van der Waals surface area (Å²) in [6, 6.07) is 3.98. The quantitative estimate of drug-likeness (QED) is 0.838. The van der Waals surface area contributed by atoms with Crippen LogP contribution in [0.25, 0.3) is 0 Å². The number of aryl methyl sites for hydroxylation is 1. The molecule has 120 valence electrons. The third-order valence-corrected chi connectivity index (χ3v) is 4.85. The van der Waals surface area contributed by atoms with Gasteiger partial charge in [-0.2, -0.15) is 5.10 Å². The number of carbonyl (C=O) groups excluding carboxylic acids is 1. The number of nitrogens with zero attached hydrogens (tertiary/aromatic N) is 4. The summed E-state index contributed by atoms with van der Waals surface area (Å²) < 4.78 is 5.11. The number of rotatable bonds is 4. The second kappa shape index (κ2) is 6.20. The zero-order valence-corrected chi connectivity index (χ0v) is 13.4. The van der Waals surface area contributed by atoms with E-state index in [9.17, 15) is 4.79 Å². The molecule has 6 heteroatoms. The molecule has 0 bridgehead atoms. The van der Waals surface area contributed by atoms with E-state index in [4.69, 9.17) is 4.74 Å². The number of ether oxygens (including phenoxy) is 1. The summed E-state index contributed by atoms with van der Waals surface area (Å²) >= 11 is 0. The van der Waals surface area contributed by atoms with Gasteiger partial charge in [-0.05, 0) is 38.3 Å². The lowest BCUT2D eigenvalue weighted by Gasteiger charge is -2.39. The highest BCUT2D eigenvalue weighted by atomic mass is 16.5. The maximum atomic E-state index is 12.8. The van der Waals surface area contributed by atoms with E-state index < -0.39 is 0 Å². The van der Waals surface area contributed by atoms with Crippen molar-refractivity contribution in [2.75, 3.05) is 44.8 Å². The summed E-state index contributed by atoms with van der Waals surface area (Å²) in [7, 11) is 1.68. The molecule has 0 aliphatic carbocycles. The Kier molecular flexibility index (Phi) is 4.29. The van der Waals surface area contributed by atoms with Gasteiger partial charge in [0.05, 0.1) is 17.7 Å². The number of piperidine rings is 1. The Labute approximate surface area is 131 Å². The van der Waals surface area contributed by atoms with Crippen LogP contribution in [0.1, 0.15) is 25.0 Å². The molecular formula is C16H24N4O2. The Morgan fingerprint density at radius 1 is 1.27 bits per heavy atom. The first-order valence-corrected chi connectivity index (χ1v) is 7.98. The van der Waals surface area contributed by atoms with Crippen LogP contribution in [-0.2, 0) is 9.53 Å². The smallest absolute Gasteiger partial charge is 0.230 e. The standard InChI is InChI=1S/C16H24N4O2/c1-13-4-5-14(18-17-13)20-8-3-6-16(12-20)7-9-19(15(16)21)10-11-22-2/h4-5H,3,6-12H2,1-2H3/t16-/m0/s1. The predicted octanol–water partition coefficient (Wildman–Crippen LogP) is 1.25. The van der Waals surface area contributed by atoms with Crippen molar-refractivity contribution in [1.29, 1.82) is 0 Å². The fraction of sp³-hybridized carbons (Fsp3) is 0.688. The number of likely N-dealkylation sites (tertiary alicyclic amines) is 1. The Morgan fingerprint density at radius 3 is 2.86 bits per heavy atom. The molecule has 1 aromatic heterocycles. The molecule has 22 heavy (non-hydrogen) atoms. The first-order valence-electron chi connectivity index (χ1n) is 7.98. The van der Waals surface area contributed by atoms with Crippen molar-refractivity contribution in [1.82, 2.24) is 15.1 Å². The summed E-state index contributed by atoms with van der Waals surface area (Å²) in [5.74, 6) is 1.17. The highest BCUT2D eigenvalue weighted by Crippen LogP contribution is 2.40. The van der Waals surface area contributed by atoms with Gasteiger partial charge >= 0.3 is 0 Å². The van der Waals surface area contributed by atoms with Crippen LogP contribution in [0.5, 0.6) is 0 Å². The molecule has 1 aromatic rings. The van der Waals surface area contributed by atoms with E-state index in [0.29, 0.717) is 13.2 Å². The molecule has 0 N–H and O–H groups in total. The Morgan fingerprint density at radius 2 is 2.14 bits per heavy atom. The monoisotopic (exact) mass is 304 g/mol. The van der Waals surface area contributed by atoms with Gasteiger partial charge in [0, 0.05) is 33.3 Å². The van der Waals surface area contributed by atoms with Crippen molar-refractivity contribution >= 4 is 11.7 Å². The summed E-state index contributed by atoms with van der Waals surface area (Å²) in [5, 5.41) is 8.42. The van der Waals surface area contributed by atoms with Crippen LogP contribution in [0.15, 0.2) is 12.1 Å². The first kappa shape index (κ1) is 15.2. The van der Waals surface area contributed by atoms with E-state index in [0.717, 1.165) is 50.4 Å². The molecule has 2 aliphatic rings. The third-order valence-electron chi connectivity index (χ3n) is 4.85. The van der Waals surface area contributed by atoms with Crippen LogP contribution in [0.4, 0.5) is 5.82 Å². The van der Waals surface area contributed by atoms with Gasteiger partial charge in [0.1, 0.15) is 0 Å². The van der Waals surface area contributed by atoms with Gasteiger partial charge in [-0.1, -0.05) is 0 Å². The highest BCUT2D eigenvalue weighted by molar-refractivity contribution is 5.85. The van der Waals surface area contributed by atoms with Crippen molar-refractivity contribution in [3.05, 3.63) is 17.8 Å². The van der Waals surface area contributed by atoms with Crippen LogP contribution in [-0.4, -0.2) is 60.9 Å². The summed E-state index contributed by atoms with van der Waals surface area (Å²) in [4.78, 5) is 17.0. The van der Waals surface area contributed by atoms with E-state index in [1.807, 2.05) is 24.0 Å². The molecule has 0 aromatic carbocycles. The molecule has 2 aliphatic heterocycles. The lowest BCUT2D eigenvalue weighted by atomic mass is 9.78. The zero-order valence-electron chi connectivity index (χ0n) is 13.4. The summed E-state index contributed by atoms with van der Waals surface area (Å²) in [6.07, 6.45) is 2.94. The molecule has 3 rings (SSSR count). The minimum Gasteiger partial charge on any atom is -0.383 e. The van der Waals surface area contributed by atoms with E-state index >= 15 is 0 Å². The molecular weight excluding hydrogens is 280 g/mol. The van der Waals surface area contributed by atoms with Crippen LogP contribution in [0.3, 0.4) is 0 Å². The largest absolute Gasteiger partial charge is 0.383 e. The molecule has 2 saturated heterocycles. The number of methoxy groups -OCH3 is 1. The van der Waals surface area contributed by atoms with Gasteiger partial charge in [-0.15, -0.1) is 5.10 Å². The van der Waals surface area contributed by atoms with Gasteiger partial charge < -0.3 is 14.5 Å². The predicted molar refractivity (Wildman–Crippen MR) is 83.7 cm³/mol. The zero-order chi connectivity index (χ0) is 15.6. The number of carbonyl (C=O) groups is 1. The van der Waals surface area contributed by atoms with Crippen LogP contribution >= 0.6 is 0 Å². The Hall–Kier alpha value is -1.69. The Bertz CT molecular complexity index is 533. The van der Waals surface area contributed by atoms with Gasteiger partial charge in [0.2, 0.25) is 5.91 Å². The van der Waals surface area contributed by atoms with Crippen LogP contribution < -0.4 is 4.90 Å². The molecule has 1 amide bonds. The van der Waals surface area contributed by atoms with Crippen LogP contribution in [0, 0.1) is 12.3 Å². The maximum absolute atomic E-state index is 12.8. The Balaban J connectivity index is 1.72. The van der Waals surface area contributed by atoms with Crippen molar-refractivity contribution in [2.45, 2.75) is 26.2 Å². The van der Waals surface area contributed by atoms with Crippen molar-refractivity contribution in [2.24, 2.45) is 5.41 Å². The number of hydrogen-bond donors (Lipinski definition) is 0. The van der Waals surface area contributed by atoms with Crippen molar-refractivity contribution in [3.8, 4) is 0 Å². The number of amides is 1. The minimum atomic E-state index is -0.238. The lowest BCUT2D eigenvalue weighted by molar-refractivity contribution is -0.137. The lowest BCUT2D eigenvalue weighted by Crippen LogP contribution is -2.48. The minimum absolute atomic E-state index is 0.238. The van der Waals surface area contributed by atoms with Crippen molar-refractivity contribution < 1.29 is 9.53 Å². The number of hydrogen-bond acceptors (Lipinski definition) is 5. The average molecular weight is 304 g/mol. The van der Waals surface area contributed by atoms with Crippen LogP contribution in [0.2, 0.25) is 0 Å². The van der Waals surface area contributed by atoms with E-state index in [1.165, 1.54) is 0 Å². The van der Waals surface area contributed by atoms with E-state index in [1.54, 1.807) is 7.11 Å². The fourth-order valence-electron chi connectivity index (χ4n) is 3.57. The molecule has 0 saturated carbocycles. The van der Waals surface area contributed by atoms with E-state index in [-0.39, 0.29) is 11.3 Å². The molecule has 1 atom stereocenters. The van der Waals surface area contributed by atoms with Crippen molar-refractivity contribution in [3.63, 3.8) is 0 Å². The maximum Gasteiger partial charge on any atom is 0.230 e. The number of aromatic nitrogens is 2. The van der Waals surface area contributed by atoms with Gasteiger partial charge in [-0.3, -0.25) is 4.79 Å². The van der Waals surface area contributed by atoms with Gasteiger partial charge in [0.15, 0.2) is 5.82 Å². The third kappa shape index (κ3) is 2.79. The topological polar surface area (TPSA) is 58.6 Å².